The van der Waals surface area contributed by atoms with Gasteiger partial charge in [-0.2, -0.15) is 0 Å². The number of imide groups is 1. The van der Waals surface area contributed by atoms with Gasteiger partial charge in [-0.3, -0.25) is 24.7 Å². The molecule has 37 heavy (non-hydrogen) atoms. The van der Waals surface area contributed by atoms with Crippen molar-refractivity contribution in [3.05, 3.63) is 95.3 Å². The number of nitrogens with one attached hydrogen (secondary N) is 1. The first-order valence-corrected chi connectivity index (χ1v) is 12.3. The van der Waals surface area contributed by atoms with Crippen molar-refractivity contribution < 1.29 is 33.8 Å². The van der Waals surface area contributed by atoms with Crippen LogP contribution >= 0.6 is 11.8 Å². The number of carboxylic acid groups (broad SMARTS) is 1. The van der Waals surface area contributed by atoms with E-state index in [9.17, 15) is 19.2 Å². The number of esters is 1. The lowest BCUT2D eigenvalue weighted by Crippen LogP contribution is -2.46. The number of aromatic nitrogens is 1. The smallest absolute Gasteiger partial charge is 0.333 e. The summed E-state index contributed by atoms with van der Waals surface area (Å²) in [7, 11) is 0. The van der Waals surface area contributed by atoms with Gasteiger partial charge in [0, 0.05) is 24.7 Å². The van der Waals surface area contributed by atoms with Crippen molar-refractivity contribution in [2.45, 2.75) is 30.6 Å². The number of carbonyl (C=O) groups is 4. The highest BCUT2D eigenvalue weighted by molar-refractivity contribution is 8.16. The number of thioether (sulfide) groups is 1. The Morgan fingerprint density at radius 2 is 1.68 bits per heavy atom. The first kappa shape index (κ1) is 25.9. The van der Waals surface area contributed by atoms with Crippen LogP contribution in [0.15, 0.2) is 72.9 Å². The molecular formula is C27H24N2O7S. The Kier molecular flexibility index (Phi) is 8.19. The molecule has 0 saturated carbocycles. The average Bonchev–Trinajstić information content (AvgIpc) is 3.18. The second-order valence-electron chi connectivity index (χ2n) is 8.38. The molecule has 9 nitrogen and oxygen atoms in total. The van der Waals surface area contributed by atoms with E-state index in [1.54, 1.807) is 54.7 Å². The van der Waals surface area contributed by atoms with Gasteiger partial charge >= 0.3 is 11.9 Å². The lowest BCUT2D eigenvalue weighted by atomic mass is 9.97. The van der Waals surface area contributed by atoms with Gasteiger partial charge in [-0.1, -0.05) is 48.5 Å². The summed E-state index contributed by atoms with van der Waals surface area (Å²) < 4.78 is 9.48. The molecule has 1 fully saturated rings. The molecule has 10 heteroatoms. The van der Waals surface area contributed by atoms with Gasteiger partial charge in [0.2, 0.25) is 4.75 Å². The molecule has 4 rings (SSSR count). The van der Waals surface area contributed by atoms with E-state index in [2.05, 4.69) is 10.3 Å². The number of benzene rings is 2. The molecule has 190 valence electrons. The predicted molar refractivity (Wildman–Crippen MR) is 135 cm³/mol. The summed E-state index contributed by atoms with van der Waals surface area (Å²) in [5.41, 5.74) is 2.84. The standard InChI is InChI=1S/C27H24N2O7S/c30-23(31)14-20-6-9-21(28-16-20)12-13-35-22-10-7-18(8-11-22)15-27(24(32)29-26(34)37-27)25(33)36-17-19-4-2-1-3-5-19/h1-11,16H,12-15,17H2,(H,30,31)(H,29,32,34)/t27-/m0/s1. The summed E-state index contributed by atoms with van der Waals surface area (Å²) in [5.74, 6) is -1.78. The SMILES string of the molecule is O=C(O)Cc1ccc(CCOc2ccc(C[C@]3(C(=O)OCc4ccccc4)SC(=O)NC3=O)cc2)nc1. The van der Waals surface area contributed by atoms with E-state index in [1.165, 1.54) is 0 Å². The highest BCUT2D eigenvalue weighted by Crippen LogP contribution is 2.37. The largest absolute Gasteiger partial charge is 0.493 e. The van der Waals surface area contributed by atoms with Crippen molar-refractivity contribution >= 4 is 34.8 Å². The average molecular weight is 521 g/mol. The minimum Gasteiger partial charge on any atom is -0.493 e. The minimum atomic E-state index is -1.70. The number of hydrogen-bond acceptors (Lipinski definition) is 8. The normalized spacial score (nSPS) is 16.8. The van der Waals surface area contributed by atoms with Gasteiger partial charge in [0.15, 0.2) is 0 Å². The first-order chi connectivity index (χ1) is 17.8. The predicted octanol–water partition coefficient (Wildman–Crippen LogP) is 3.34. The zero-order valence-corrected chi connectivity index (χ0v) is 20.5. The van der Waals surface area contributed by atoms with Crippen molar-refractivity contribution in [1.82, 2.24) is 10.3 Å². The number of ether oxygens (including phenoxy) is 2. The molecule has 0 radical (unpaired) electrons. The number of amides is 2. The summed E-state index contributed by atoms with van der Waals surface area (Å²) in [5, 5.41) is 10.4. The van der Waals surface area contributed by atoms with E-state index in [0.717, 1.165) is 11.3 Å². The van der Waals surface area contributed by atoms with Crippen LogP contribution in [0, 0.1) is 0 Å². The van der Waals surface area contributed by atoms with Crippen LogP contribution in [0.2, 0.25) is 0 Å². The van der Waals surface area contributed by atoms with E-state index in [4.69, 9.17) is 14.6 Å². The third kappa shape index (κ3) is 6.73. The molecule has 0 bridgehead atoms. The Balaban J connectivity index is 1.35. The second-order valence-corrected chi connectivity index (χ2v) is 9.65. The molecule has 1 aliphatic heterocycles. The highest BCUT2D eigenvalue weighted by Gasteiger charge is 2.55. The van der Waals surface area contributed by atoms with Crippen molar-refractivity contribution in [2.24, 2.45) is 0 Å². The summed E-state index contributed by atoms with van der Waals surface area (Å²) in [6, 6.07) is 19.5. The molecule has 1 saturated heterocycles. The molecule has 2 amide bonds. The molecule has 0 aliphatic carbocycles. The van der Waals surface area contributed by atoms with Crippen LogP contribution in [-0.4, -0.2) is 44.5 Å². The quantitative estimate of drug-likeness (QED) is 0.289. The molecule has 1 aliphatic rings. The maximum atomic E-state index is 13.0. The molecule has 0 spiro atoms. The van der Waals surface area contributed by atoms with Crippen molar-refractivity contribution in [3.63, 3.8) is 0 Å². The summed E-state index contributed by atoms with van der Waals surface area (Å²) in [6.45, 7) is 0.348. The van der Waals surface area contributed by atoms with Gasteiger partial charge in [0.25, 0.3) is 11.1 Å². The second kappa shape index (κ2) is 11.7. The summed E-state index contributed by atoms with van der Waals surface area (Å²) in [4.78, 5) is 52.6. The number of pyridine rings is 1. The van der Waals surface area contributed by atoms with Crippen LogP contribution in [0.5, 0.6) is 5.75 Å². The van der Waals surface area contributed by atoms with Crippen molar-refractivity contribution in [3.8, 4) is 5.75 Å². The van der Waals surface area contributed by atoms with Gasteiger partial charge in [-0.15, -0.1) is 0 Å². The third-order valence-corrected chi connectivity index (χ3v) is 6.77. The van der Waals surface area contributed by atoms with Crippen LogP contribution in [-0.2, 0) is 45.0 Å². The number of rotatable bonds is 11. The molecule has 2 aromatic carbocycles. The third-order valence-electron chi connectivity index (χ3n) is 5.64. The maximum Gasteiger partial charge on any atom is 0.333 e. The summed E-state index contributed by atoms with van der Waals surface area (Å²) >= 11 is 0.634. The van der Waals surface area contributed by atoms with E-state index in [1.807, 2.05) is 18.2 Å². The number of carbonyl (C=O) groups excluding carboxylic acids is 3. The number of hydrogen-bond donors (Lipinski definition) is 2. The van der Waals surface area contributed by atoms with Crippen molar-refractivity contribution in [1.29, 1.82) is 0 Å². The Labute approximate surface area is 217 Å². The topological polar surface area (TPSA) is 132 Å². The molecule has 2 N–H and O–H groups in total. The van der Waals surface area contributed by atoms with Crippen LogP contribution < -0.4 is 10.1 Å². The highest BCUT2D eigenvalue weighted by atomic mass is 32.2. The fourth-order valence-corrected chi connectivity index (χ4v) is 4.72. The van der Waals surface area contributed by atoms with Crippen LogP contribution in [0.1, 0.15) is 22.4 Å². The molecule has 2 heterocycles. The first-order valence-electron chi connectivity index (χ1n) is 11.5. The van der Waals surface area contributed by atoms with Gasteiger partial charge in [0.1, 0.15) is 12.4 Å². The fourth-order valence-electron chi connectivity index (χ4n) is 3.73. The van der Waals surface area contributed by atoms with Crippen molar-refractivity contribution in [2.75, 3.05) is 6.61 Å². The molecule has 1 aromatic heterocycles. The molecule has 3 aromatic rings. The number of carboxylic acids is 1. The molecule has 1 atom stereocenters. The van der Waals surface area contributed by atoms with Crippen LogP contribution in [0.3, 0.4) is 0 Å². The van der Waals surface area contributed by atoms with Crippen LogP contribution in [0.4, 0.5) is 4.79 Å². The van der Waals surface area contributed by atoms with Gasteiger partial charge in [-0.05, 0) is 46.7 Å². The van der Waals surface area contributed by atoms with E-state index >= 15 is 0 Å². The Bertz CT molecular complexity index is 1280. The lowest BCUT2D eigenvalue weighted by Gasteiger charge is -2.22. The monoisotopic (exact) mass is 520 g/mol. The van der Waals surface area contributed by atoms with E-state index in [0.29, 0.717) is 41.7 Å². The minimum absolute atomic E-state index is 0.00657. The Hall–Kier alpha value is -4.18. The van der Waals surface area contributed by atoms with Gasteiger partial charge < -0.3 is 14.6 Å². The van der Waals surface area contributed by atoms with E-state index in [-0.39, 0.29) is 19.4 Å². The van der Waals surface area contributed by atoms with Gasteiger partial charge in [0.05, 0.1) is 13.0 Å². The zero-order valence-electron chi connectivity index (χ0n) is 19.7. The Morgan fingerprint density at radius 3 is 2.30 bits per heavy atom. The van der Waals surface area contributed by atoms with Gasteiger partial charge in [-0.25, -0.2) is 4.79 Å². The maximum absolute atomic E-state index is 13.0. The zero-order chi connectivity index (χ0) is 26.3. The fraction of sp³-hybridized carbons (Fsp3) is 0.222. The van der Waals surface area contributed by atoms with Crippen LogP contribution in [0.25, 0.3) is 0 Å². The Morgan fingerprint density at radius 1 is 0.946 bits per heavy atom. The summed E-state index contributed by atoms with van der Waals surface area (Å²) in [6.07, 6.45) is 1.98. The lowest BCUT2D eigenvalue weighted by molar-refractivity contribution is -0.150. The molecular weight excluding hydrogens is 496 g/mol. The molecule has 0 unspecified atom stereocenters. The van der Waals surface area contributed by atoms with E-state index < -0.39 is 27.8 Å². The number of aliphatic carboxylic acids is 1. The number of nitrogens with zero attached hydrogens (tertiary/aromatic N) is 1.